The van der Waals surface area contributed by atoms with Crippen LogP contribution in [0.4, 0.5) is 0 Å². The molecule has 0 unspecified atom stereocenters. The second-order valence-electron chi connectivity index (χ2n) is 9.85. The van der Waals surface area contributed by atoms with Crippen LogP contribution in [0.25, 0.3) is 11.1 Å². The summed E-state index contributed by atoms with van der Waals surface area (Å²) in [5.41, 5.74) is 4.86. The smallest absolute Gasteiger partial charge is 0.253 e. The molecule has 192 valence electrons. The van der Waals surface area contributed by atoms with Crippen LogP contribution in [0.5, 0.6) is 0 Å². The molecule has 0 spiro atoms. The number of carbonyl (C=O) groups excluding carboxylic acids is 2. The third-order valence-electron chi connectivity index (χ3n) is 7.69. The average Bonchev–Trinajstić information content (AvgIpc) is 3.47. The summed E-state index contributed by atoms with van der Waals surface area (Å²) in [7, 11) is 1.78. The van der Waals surface area contributed by atoms with Crippen molar-refractivity contribution in [3.8, 4) is 11.1 Å². The Morgan fingerprint density at radius 1 is 0.919 bits per heavy atom. The maximum absolute atomic E-state index is 13.8. The molecule has 37 heavy (non-hydrogen) atoms. The minimum Gasteiger partial charge on any atom is -0.390 e. The first kappa shape index (κ1) is 25.5. The lowest BCUT2D eigenvalue weighted by Gasteiger charge is -2.31. The number of benzene rings is 3. The van der Waals surface area contributed by atoms with E-state index < -0.39 is 6.10 Å². The van der Waals surface area contributed by atoms with Gasteiger partial charge >= 0.3 is 0 Å². The van der Waals surface area contributed by atoms with Crippen molar-refractivity contribution in [2.45, 2.75) is 25.0 Å². The van der Waals surface area contributed by atoms with Crippen molar-refractivity contribution < 1.29 is 14.7 Å². The van der Waals surface area contributed by atoms with E-state index in [9.17, 15) is 14.7 Å². The maximum atomic E-state index is 13.8. The Morgan fingerprint density at radius 2 is 1.51 bits per heavy atom. The standard InChI is InChI=1S/C30H32ClN3O3/c1-3-33(17-16-32(2)29(36)20-12-14-21(31)15-13-20)26-18-34(19-27(26)35)30(37)28-24-10-6-4-8-22(24)23-9-5-7-11-25(23)28/h4-15,26-28,35H,3,16-19H2,1-2H3/t26-,27-/m1/s1. The molecular formula is C30H32ClN3O3. The number of halogens is 1. The van der Waals surface area contributed by atoms with Crippen LogP contribution in [-0.2, 0) is 4.79 Å². The predicted molar refractivity (Wildman–Crippen MR) is 146 cm³/mol. The minimum atomic E-state index is -0.645. The molecule has 0 saturated carbocycles. The van der Waals surface area contributed by atoms with E-state index in [-0.39, 0.29) is 23.8 Å². The number of likely N-dealkylation sites (N-methyl/N-ethyl adjacent to an activating group) is 2. The number of aliphatic hydroxyl groups excluding tert-OH is 1. The highest BCUT2D eigenvalue weighted by atomic mass is 35.5. The highest BCUT2D eigenvalue weighted by Gasteiger charge is 2.42. The van der Waals surface area contributed by atoms with Gasteiger partial charge in [-0.05, 0) is 53.1 Å². The van der Waals surface area contributed by atoms with E-state index in [0.717, 1.165) is 22.3 Å². The maximum Gasteiger partial charge on any atom is 0.253 e. The Balaban J connectivity index is 1.26. The molecule has 1 aliphatic carbocycles. The fourth-order valence-electron chi connectivity index (χ4n) is 5.66. The van der Waals surface area contributed by atoms with E-state index in [1.165, 1.54) is 0 Å². The summed E-state index contributed by atoms with van der Waals surface area (Å²) >= 11 is 5.95. The average molecular weight is 518 g/mol. The number of likely N-dealkylation sites (tertiary alicyclic amines) is 1. The highest BCUT2D eigenvalue weighted by Crippen LogP contribution is 2.45. The summed E-state index contributed by atoms with van der Waals surface area (Å²) in [6.45, 7) is 4.63. The van der Waals surface area contributed by atoms with E-state index in [1.54, 1.807) is 36.2 Å². The van der Waals surface area contributed by atoms with Crippen LogP contribution in [-0.4, -0.2) is 83.5 Å². The van der Waals surface area contributed by atoms with Crippen LogP contribution in [0, 0.1) is 0 Å². The molecule has 0 radical (unpaired) electrons. The molecule has 1 saturated heterocycles. The molecule has 7 heteroatoms. The van der Waals surface area contributed by atoms with Crippen molar-refractivity contribution in [3.05, 3.63) is 94.5 Å². The van der Waals surface area contributed by atoms with Crippen molar-refractivity contribution >= 4 is 23.4 Å². The number of aliphatic hydroxyl groups is 1. The zero-order valence-corrected chi connectivity index (χ0v) is 21.9. The Morgan fingerprint density at radius 3 is 2.11 bits per heavy atom. The summed E-state index contributed by atoms with van der Waals surface area (Å²) < 4.78 is 0. The van der Waals surface area contributed by atoms with E-state index in [0.29, 0.717) is 43.3 Å². The zero-order chi connectivity index (χ0) is 26.1. The van der Waals surface area contributed by atoms with Gasteiger partial charge in [0.15, 0.2) is 0 Å². The second-order valence-corrected chi connectivity index (χ2v) is 10.3. The summed E-state index contributed by atoms with van der Waals surface area (Å²) in [6, 6.07) is 22.9. The van der Waals surface area contributed by atoms with Gasteiger partial charge in [0.1, 0.15) is 0 Å². The van der Waals surface area contributed by atoms with Gasteiger partial charge < -0.3 is 14.9 Å². The van der Waals surface area contributed by atoms with Crippen LogP contribution in [0.3, 0.4) is 0 Å². The van der Waals surface area contributed by atoms with Crippen molar-refractivity contribution in [2.24, 2.45) is 0 Å². The lowest BCUT2D eigenvalue weighted by atomic mass is 9.95. The number of β-amino-alcohol motifs (C(OH)–C–C–N with tert-alkyl or cyclic N) is 1. The molecule has 2 atom stereocenters. The summed E-state index contributed by atoms with van der Waals surface area (Å²) in [5.74, 6) is -0.392. The third kappa shape index (κ3) is 4.89. The molecule has 1 fully saturated rings. The first-order valence-corrected chi connectivity index (χ1v) is 13.2. The highest BCUT2D eigenvalue weighted by molar-refractivity contribution is 6.30. The molecule has 0 bridgehead atoms. The summed E-state index contributed by atoms with van der Waals surface area (Å²) in [5, 5.41) is 11.6. The molecule has 6 nitrogen and oxygen atoms in total. The molecule has 3 aromatic carbocycles. The number of amides is 2. The number of hydrogen-bond acceptors (Lipinski definition) is 4. The Kier molecular flexibility index (Phi) is 7.33. The third-order valence-corrected chi connectivity index (χ3v) is 7.94. The first-order chi connectivity index (χ1) is 17.9. The van der Waals surface area contributed by atoms with Gasteiger partial charge in [-0.25, -0.2) is 0 Å². The Labute approximate surface area is 223 Å². The van der Waals surface area contributed by atoms with Crippen molar-refractivity contribution in [3.63, 3.8) is 0 Å². The fraction of sp³-hybridized carbons (Fsp3) is 0.333. The topological polar surface area (TPSA) is 64.1 Å². The Hall–Kier alpha value is -3.19. The van der Waals surface area contributed by atoms with Crippen LogP contribution in [0.2, 0.25) is 5.02 Å². The van der Waals surface area contributed by atoms with Crippen LogP contribution < -0.4 is 0 Å². The van der Waals surface area contributed by atoms with E-state index in [2.05, 4.69) is 17.0 Å². The number of rotatable bonds is 7. The zero-order valence-electron chi connectivity index (χ0n) is 21.2. The summed E-state index contributed by atoms with van der Waals surface area (Å²) in [4.78, 5) is 32.3. The lowest BCUT2D eigenvalue weighted by molar-refractivity contribution is -0.131. The van der Waals surface area contributed by atoms with Crippen LogP contribution in [0.1, 0.15) is 34.3 Å². The van der Waals surface area contributed by atoms with Gasteiger partial charge in [0.2, 0.25) is 5.91 Å². The summed E-state index contributed by atoms with van der Waals surface area (Å²) in [6.07, 6.45) is -0.645. The monoisotopic (exact) mass is 517 g/mol. The van der Waals surface area contributed by atoms with Gasteiger partial charge in [0.05, 0.1) is 18.1 Å². The number of hydrogen-bond donors (Lipinski definition) is 1. The molecule has 1 aliphatic heterocycles. The predicted octanol–water partition coefficient (Wildman–Crippen LogP) is 4.12. The van der Waals surface area contributed by atoms with E-state index >= 15 is 0 Å². The van der Waals surface area contributed by atoms with Crippen molar-refractivity contribution in [1.82, 2.24) is 14.7 Å². The van der Waals surface area contributed by atoms with E-state index in [1.807, 2.05) is 48.2 Å². The van der Waals surface area contributed by atoms with Gasteiger partial charge in [-0.3, -0.25) is 14.5 Å². The number of carbonyl (C=O) groups is 2. The SMILES string of the molecule is CCN(CCN(C)C(=O)c1ccc(Cl)cc1)[C@@H]1CN(C(=O)C2c3ccccc3-c3ccccc32)C[C@H]1O. The van der Waals surface area contributed by atoms with Crippen molar-refractivity contribution in [1.29, 1.82) is 0 Å². The molecule has 5 rings (SSSR count). The fourth-order valence-corrected chi connectivity index (χ4v) is 5.79. The normalized spacial score (nSPS) is 18.7. The molecule has 2 amide bonds. The number of nitrogens with zero attached hydrogens (tertiary/aromatic N) is 3. The van der Waals surface area contributed by atoms with Gasteiger partial charge in [0.25, 0.3) is 5.91 Å². The lowest BCUT2D eigenvalue weighted by Crippen LogP contribution is -2.47. The van der Waals surface area contributed by atoms with E-state index in [4.69, 9.17) is 11.6 Å². The molecule has 1 heterocycles. The van der Waals surface area contributed by atoms with Gasteiger partial charge in [-0.15, -0.1) is 0 Å². The van der Waals surface area contributed by atoms with Crippen LogP contribution in [0.15, 0.2) is 72.8 Å². The molecule has 2 aliphatic rings. The Bertz CT molecular complexity index is 1250. The largest absolute Gasteiger partial charge is 0.390 e. The first-order valence-electron chi connectivity index (χ1n) is 12.8. The molecule has 3 aromatic rings. The quantitative estimate of drug-likeness (QED) is 0.512. The van der Waals surface area contributed by atoms with Crippen LogP contribution >= 0.6 is 11.6 Å². The van der Waals surface area contributed by atoms with Gasteiger partial charge in [-0.1, -0.05) is 67.1 Å². The second kappa shape index (κ2) is 10.7. The molecule has 0 aromatic heterocycles. The molecular weight excluding hydrogens is 486 g/mol. The van der Waals surface area contributed by atoms with Gasteiger partial charge in [-0.2, -0.15) is 0 Å². The number of fused-ring (bicyclic) bond motifs is 3. The minimum absolute atomic E-state index is 0.0324. The van der Waals surface area contributed by atoms with Crippen molar-refractivity contribution in [2.75, 3.05) is 39.8 Å². The van der Waals surface area contributed by atoms with Gasteiger partial charge in [0, 0.05) is 43.8 Å². The molecule has 1 N–H and O–H groups in total.